The van der Waals surface area contributed by atoms with Crippen molar-refractivity contribution in [3.63, 3.8) is 0 Å². The van der Waals surface area contributed by atoms with Gasteiger partial charge in [-0.25, -0.2) is 0 Å². The topological polar surface area (TPSA) is 42.4 Å². The molecule has 2 aromatic carbocycles. The Labute approximate surface area is 203 Å². The minimum atomic E-state index is -4.97. The molecule has 0 aliphatic carbocycles. The minimum absolute atomic E-state index is 0.0267. The zero-order valence-corrected chi connectivity index (χ0v) is 19.2. The summed E-state index contributed by atoms with van der Waals surface area (Å²) in [6, 6.07) is 9.22. The largest absolute Gasteiger partial charge is 0.493 e. The summed E-state index contributed by atoms with van der Waals surface area (Å²) in [5.41, 5.74) is -1.88. The maximum absolute atomic E-state index is 13.3. The number of nitrogens with zero attached hydrogens (tertiary/aromatic N) is 2. The lowest BCUT2D eigenvalue weighted by atomic mass is 9.97. The normalized spacial score (nSPS) is 16.3. The van der Waals surface area contributed by atoms with E-state index in [0.717, 1.165) is 12.0 Å². The van der Waals surface area contributed by atoms with Crippen LogP contribution < -0.4 is 4.74 Å². The standard InChI is InChI=1S/C26H22F6N2O2/c1-2-36-23-12-16(24(35)34-9-7-18(15-34)17-4-3-8-33-14-17)5-6-22(23)19-10-20(25(27,28)29)13-21(11-19)26(30,31)32/h3-6,8,10-14,18H,2,7,9,15H2,1H3. The Balaban J connectivity index is 1.67. The van der Waals surface area contributed by atoms with E-state index in [-0.39, 0.29) is 46.9 Å². The highest BCUT2D eigenvalue weighted by molar-refractivity contribution is 5.96. The molecule has 0 spiro atoms. The molecule has 1 amide bonds. The molecule has 2 heterocycles. The third kappa shape index (κ3) is 5.47. The summed E-state index contributed by atoms with van der Waals surface area (Å²) in [4.78, 5) is 18.9. The van der Waals surface area contributed by atoms with Gasteiger partial charge in [0.05, 0.1) is 17.7 Å². The maximum atomic E-state index is 13.3. The van der Waals surface area contributed by atoms with Crippen LogP contribution in [0.15, 0.2) is 60.9 Å². The van der Waals surface area contributed by atoms with E-state index in [9.17, 15) is 31.1 Å². The van der Waals surface area contributed by atoms with Gasteiger partial charge in [-0.2, -0.15) is 26.3 Å². The summed E-state index contributed by atoms with van der Waals surface area (Å²) >= 11 is 0. The predicted octanol–water partition coefficient (Wildman–Crippen LogP) is 6.81. The number of alkyl halides is 6. The van der Waals surface area contributed by atoms with E-state index in [1.165, 1.54) is 18.2 Å². The summed E-state index contributed by atoms with van der Waals surface area (Å²) < 4.78 is 85.6. The smallest absolute Gasteiger partial charge is 0.416 e. The number of aromatic nitrogens is 1. The lowest BCUT2D eigenvalue weighted by molar-refractivity contribution is -0.143. The highest BCUT2D eigenvalue weighted by Gasteiger charge is 2.37. The van der Waals surface area contributed by atoms with Crippen molar-refractivity contribution in [2.24, 2.45) is 0 Å². The summed E-state index contributed by atoms with van der Waals surface area (Å²) in [6.45, 7) is 2.71. The molecule has 4 rings (SSSR count). The van der Waals surface area contributed by atoms with Gasteiger partial charge in [0, 0.05) is 42.5 Å². The van der Waals surface area contributed by atoms with Crippen LogP contribution in [0.4, 0.5) is 26.3 Å². The first-order chi connectivity index (χ1) is 17.0. The molecular weight excluding hydrogens is 486 g/mol. The number of halogens is 6. The number of ether oxygens (including phenoxy) is 1. The van der Waals surface area contributed by atoms with Crippen molar-refractivity contribution in [2.75, 3.05) is 19.7 Å². The van der Waals surface area contributed by atoms with Gasteiger partial charge in [0.2, 0.25) is 0 Å². The molecule has 1 saturated heterocycles. The van der Waals surface area contributed by atoms with Crippen molar-refractivity contribution in [2.45, 2.75) is 31.6 Å². The number of hydrogen-bond acceptors (Lipinski definition) is 3. The Morgan fingerprint density at radius 3 is 2.31 bits per heavy atom. The number of pyridine rings is 1. The van der Waals surface area contributed by atoms with E-state index >= 15 is 0 Å². The molecule has 1 unspecified atom stereocenters. The van der Waals surface area contributed by atoms with Gasteiger partial charge in [-0.1, -0.05) is 6.07 Å². The van der Waals surface area contributed by atoms with Crippen LogP contribution in [-0.4, -0.2) is 35.5 Å². The van der Waals surface area contributed by atoms with E-state index in [0.29, 0.717) is 25.2 Å². The fraction of sp³-hybridized carbons (Fsp3) is 0.308. The lowest BCUT2D eigenvalue weighted by Crippen LogP contribution is -2.28. The first kappa shape index (κ1) is 25.5. The van der Waals surface area contributed by atoms with Gasteiger partial charge >= 0.3 is 12.4 Å². The monoisotopic (exact) mass is 508 g/mol. The van der Waals surface area contributed by atoms with Gasteiger partial charge in [-0.15, -0.1) is 0 Å². The zero-order valence-electron chi connectivity index (χ0n) is 19.2. The Morgan fingerprint density at radius 1 is 1.03 bits per heavy atom. The third-order valence-electron chi connectivity index (χ3n) is 6.06. The van der Waals surface area contributed by atoms with E-state index in [1.54, 1.807) is 24.2 Å². The molecule has 3 aromatic rings. The Morgan fingerprint density at radius 2 is 1.72 bits per heavy atom. The molecule has 190 valence electrons. The van der Waals surface area contributed by atoms with Crippen molar-refractivity contribution < 1.29 is 35.9 Å². The number of benzene rings is 2. The number of amides is 1. The minimum Gasteiger partial charge on any atom is -0.493 e. The van der Waals surface area contributed by atoms with Crippen LogP contribution in [0.1, 0.15) is 46.3 Å². The second-order valence-electron chi connectivity index (χ2n) is 8.46. The Hall–Kier alpha value is -3.56. The molecule has 1 aliphatic rings. The number of carbonyl (C=O) groups excluding carboxylic acids is 1. The fourth-order valence-electron chi connectivity index (χ4n) is 4.30. The highest BCUT2D eigenvalue weighted by atomic mass is 19.4. The predicted molar refractivity (Wildman–Crippen MR) is 121 cm³/mol. The van der Waals surface area contributed by atoms with Crippen molar-refractivity contribution >= 4 is 5.91 Å². The van der Waals surface area contributed by atoms with Crippen molar-refractivity contribution in [1.82, 2.24) is 9.88 Å². The molecule has 0 bridgehead atoms. The zero-order chi connectivity index (χ0) is 26.1. The molecule has 1 fully saturated rings. The number of carbonyl (C=O) groups is 1. The molecule has 36 heavy (non-hydrogen) atoms. The molecule has 1 atom stereocenters. The second kappa shape index (κ2) is 9.83. The number of hydrogen-bond donors (Lipinski definition) is 0. The Kier molecular flexibility index (Phi) is 6.97. The van der Waals surface area contributed by atoms with Gasteiger partial charge in [-0.3, -0.25) is 9.78 Å². The summed E-state index contributed by atoms with van der Waals surface area (Å²) in [7, 11) is 0. The van der Waals surface area contributed by atoms with Crippen LogP contribution in [0.5, 0.6) is 5.75 Å². The van der Waals surface area contributed by atoms with Crippen LogP contribution >= 0.6 is 0 Å². The molecule has 0 N–H and O–H groups in total. The van der Waals surface area contributed by atoms with E-state index < -0.39 is 23.5 Å². The molecule has 4 nitrogen and oxygen atoms in total. The van der Waals surface area contributed by atoms with Crippen LogP contribution in [0.25, 0.3) is 11.1 Å². The Bertz CT molecular complexity index is 1210. The van der Waals surface area contributed by atoms with Crippen LogP contribution in [0, 0.1) is 0 Å². The van der Waals surface area contributed by atoms with Crippen LogP contribution in [0.3, 0.4) is 0 Å². The molecule has 1 aliphatic heterocycles. The molecular formula is C26H22F6N2O2. The molecule has 0 saturated carbocycles. The van der Waals surface area contributed by atoms with Crippen molar-refractivity contribution in [3.05, 3.63) is 83.2 Å². The third-order valence-corrected chi connectivity index (χ3v) is 6.06. The van der Waals surface area contributed by atoms with Crippen LogP contribution in [-0.2, 0) is 12.4 Å². The lowest BCUT2D eigenvalue weighted by Gasteiger charge is -2.19. The van der Waals surface area contributed by atoms with E-state index in [1.807, 2.05) is 12.1 Å². The van der Waals surface area contributed by atoms with Gasteiger partial charge < -0.3 is 9.64 Å². The molecule has 1 aromatic heterocycles. The average Bonchev–Trinajstić information content (AvgIpc) is 3.33. The van der Waals surface area contributed by atoms with E-state index in [4.69, 9.17) is 4.74 Å². The quantitative estimate of drug-likeness (QED) is 0.356. The SMILES string of the molecule is CCOc1cc(C(=O)N2CCC(c3cccnc3)C2)ccc1-c1cc(C(F)(F)F)cc(C(F)(F)F)c1. The maximum Gasteiger partial charge on any atom is 0.416 e. The molecule has 10 heteroatoms. The highest BCUT2D eigenvalue weighted by Crippen LogP contribution is 2.41. The fourth-order valence-corrected chi connectivity index (χ4v) is 4.30. The van der Waals surface area contributed by atoms with Crippen LogP contribution in [0.2, 0.25) is 0 Å². The number of likely N-dealkylation sites (tertiary alicyclic amines) is 1. The van der Waals surface area contributed by atoms with Gasteiger partial charge in [-0.05, 0) is 66.9 Å². The average molecular weight is 508 g/mol. The summed E-state index contributed by atoms with van der Waals surface area (Å²) in [6.07, 6.45) is -5.78. The molecule has 0 radical (unpaired) electrons. The first-order valence-electron chi connectivity index (χ1n) is 11.2. The van der Waals surface area contributed by atoms with Crippen molar-refractivity contribution in [1.29, 1.82) is 0 Å². The van der Waals surface area contributed by atoms with Crippen molar-refractivity contribution in [3.8, 4) is 16.9 Å². The van der Waals surface area contributed by atoms with Gasteiger partial charge in [0.15, 0.2) is 0 Å². The summed E-state index contributed by atoms with van der Waals surface area (Å²) in [5.74, 6) is -0.146. The summed E-state index contributed by atoms with van der Waals surface area (Å²) in [5, 5.41) is 0. The first-order valence-corrected chi connectivity index (χ1v) is 11.2. The second-order valence-corrected chi connectivity index (χ2v) is 8.46. The van der Waals surface area contributed by atoms with Gasteiger partial charge in [0.1, 0.15) is 5.75 Å². The van der Waals surface area contributed by atoms with Gasteiger partial charge in [0.25, 0.3) is 5.91 Å². The van der Waals surface area contributed by atoms with E-state index in [2.05, 4.69) is 4.98 Å². The number of rotatable bonds is 5.